The third kappa shape index (κ3) is 4.11. The van der Waals surface area contributed by atoms with Crippen molar-refractivity contribution in [1.29, 1.82) is 0 Å². The Morgan fingerprint density at radius 2 is 1.77 bits per heavy atom. The van der Waals surface area contributed by atoms with Gasteiger partial charge in [0.05, 0.1) is 39.1 Å². The van der Waals surface area contributed by atoms with E-state index in [-0.39, 0.29) is 5.91 Å². The van der Waals surface area contributed by atoms with Crippen LogP contribution in [0, 0.1) is 0 Å². The van der Waals surface area contributed by atoms with Gasteiger partial charge in [0.1, 0.15) is 5.75 Å². The molecule has 6 heteroatoms. The Balaban J connectivity index is 1.76. The van der Waals surface area contributed by atoms with Crippen LogP contribution in [0.5, 0.6) is 5.75 Å². The van der Waals surface area contributed by atoms with Crippen molar-refractivity contribution in [1.82, 2.24) is 4.98 Å². The lowest BCUT2D eigenvalue weighted by atomic mass is 10.0. The summed E-state index contributed by atoms with van der Waals surface area (Å²) in [7, 11) is 0. The zero-order valence-corrected chi connectivity index (χ0v) is 17.7. The van der Waals surface area contributed by atoms with E-state index in [1.54, 1.807) is 24.3 Å². The van der Waals surface area contributed by atoms with E-state index >= 15 is 0 Å². The molecule has 0 saturated heterocycles. The van der Waals surface area contributed by atoms with Crippen LogP contribution in [0.2, 0.25) is 10.0 Å². The number of carbonyl (C=O) groups is 1. The van der Waals surface area contributed by atoms with Crippen LogP contribution < -0.4 is 10.1 Å². The highest BCUT2D eigenvalue weighted by atomic mass is 35.5. The van der Waals surface area contributed by atoms with Crippen molar-refractivity contribution < 1.29 is 9.53 Å². The summed E-state index contributed by atoms with van der Waals surface area (Å²) in [6.07, 6.45) is 0. The lowest BCUT2D eigenvalue weighted by Gasteiger charge is -2.12. The van der Waals surface area contributed by atoms with Crippen molar-refractivity contribution in [3.8, 4) is 17.0 Å². The number of ether oxygens (including phenoxy) is 1. The van der Waals surface area contributed by atoms with Gasteiger partial charge in [0.15, 0.2) is 0 Å². The van der Waals surface area contributed by atoms with Crippen LogP contribution in [0.3, 0.4) is 0 Å². The molecule has 1 N–H and O–H groups in total. The largest absolute Gasteiger partial charge is 0.494 e. The first-order chi connectivity index (χ1) is 14.6. The molecule has 4 aromatic rings. The van der Waals surface area contributed by atoms with Crippen LogP contribution in [-0.2, 0) is 0 Å². The van der Waals surface area contributed by atoms with Gasteiger partial charge >= 0.3 is 0 Å². The van der Waals surface area contributed by atoms with Gasteiger partial charge in [-0.05, 0) is 55.5 Å². The van der Waals surface area contributed by atoms with E-state index in [9.17, 15) is 4.79 Å². The Morgan fingerprint density at radius 3 is 2.53 bits per heavy atom. The third-order valence-electron chi connectivity index (χ3n) is 4.62. The number of amides is 1. The van der Waals surface area contributed by atoms with Gasteiger partial charge < -0.3 is 10.1 Å². The van der Waals surface area contributed by atoms with E-state index in [1.807, 2.05) is 55.5 Å². The lowest BCUT2D eigenvalue weighted by molar-refractivity contribution is 0.102. The average molecular weight is 437 g/mol. The molecular weight excluding hydrogens is 419 g/mol. The Hall–Kier alpha value is -3.08. The van der Waals surface area contributed by atoms with Crippen molar-refractivity contribution in [2.45, 2.75) is 6.92 Å². The second-order valence-corrected chi connectivity index (χ2v) is 7.37. The number of nitrogens with one attached hydrogen (secondary N) is 1. The molecule has 0 fully saturated rings. The van der Waals surface area contributed by atoms with Crippen molar-refractivity contribution in [2.75, 3.05) is 11.9 Å². The van der Waals surface area contributed by atoms with Gasteiger partial charge in [-0.15, -0.1) is 0 Å². The maximum absolute atomic E-state index is 13.2. The summed E-state index contributed by atoms with van der Waals surface area (Å²) in [6, 6.07) is 22.1. The first-order valence-electron chi connectivity index (χ1n) is 9.45. The molecule has 0 radical (unpaired) electrons. The molecule has 150 valence electrons. The van der Waals surface area contributed by atoms with Crippen molar-refractivity contribution >= 4 is 45.7 Å². The van der Waals surface area contributed by atoms with Gasteiger partial charge in [-0.2, -0.15) is 0 Å². The molecule has 0 saturated carbocycles. The molecule has 0 atom stereocenters. The molecule has 4 nitrogen and oxygen atoms in total. The molecule has 1 amide bonds. The minimum absolute atomic E-state index is 0.287. The SMILES string of the molecule is CCOc1ccc(-c2cc(C(=O)Nc3cccc(Cl)c3Cl)c3ccccc3n2)cc1. The summed E-state index contributed by atoms with van der Waals surface area (Å²) in [5.41, 5.74) is 3.27. The third-order valence-corrected chi connectivity index (χ3v) is 5.44. The van der Waals surface area contributed by atoms with Gasteiger partial charge in [-0.25, -0.2) is 4.98 Å². The summed E-state index contributed by atoms with van der Waals surface area (Å²) in [5.74, 6) is 0.501. The number of fused-ring (bicyclic) bond motifs is 1. The van der Waals surface area contributed by atoms with Crippen molar-refractivity contribution in [3.05, 3.63) is 88.4 Å². The van der Waals surface area contributed by atoms with Crippen LogP contribution in [0.15, 0.2) is 72.8 Å². The molecule has 0 aliphatic rings. The molecule has 4 rings (SSSR count). The van der Waals surface area contributed by atoms with E-state index < -0.39 is 0 Å². The molecule has 3 aromatic carbocycles. The van der Waals surface area contributed by atoms with E-state index in [1.165, 1.54) is 0 Å². The van der Waals surface area contributed by atoms with Crippen molar-refractivity contribution in [3.63, 3.8) is 0 Å². The lowest BCUT2D eigenvalue weighted by Crippen LogP contribution is -2.13. The van der Waals surface area contributed by atoms with Crippen LogP contribution in [0.4, 0.5) is 5.69 Å². The minimum Gasteiger partial charge on any atom is -0.494 e. The fourth-order valence-electron chi connectivity index (χ4n) is 3.19. The summed E-state index contributed by atoms with van der Waals surface area (Å²) in [6.45, 7) is 2.54. The fourth-order valence-corrected chi connectivity index (χ4v) is 3.54. The molecule has 0 bridgehead atoms. The number of carbonyl (C=O) groups excluding carboxylic acids is 1. The molecule has 1 aromatic heterocycles. The highest BCUT2D eigenvalue weighted by molar-refractivity contribution is 6.44. The molecule has 1 heterocycles. The number of anilines is 1. The van der Waals surface area contributed by atoms with Gasteiger partial charge in [-0.3, -0.25) is 4.79 Å². The number of halogens is 2. The molecule has 0 aliphatic heterocycles. The summed E-state index contributed by atoms with van der Waals surface area (Å²) in [4.78, 5) is 17.9. The first kappa shape index (κ1) is 20.2. The molecule has 30 heavy (non-hydrogen) atoms. The van der Waals surface area contributed by atoms with Crippen LogP contribution in [-0.4, -0.2) is 17.5 Å². The quantitative estimate of drug-likeness (QED) is 0.371. The zero-order chi connectivity index (χ0) is 21.1. The smallest absolute Gasteiger partial charge is 0.256 e. The molecule has 0 spiro atoms. The van der Waals surface area contributed by atoms with Crippen LogP contribution >= 0.6 is 23.2 Å². The van der Waals surface area contributed by atoms with Crippen molar-refractivity contribution in [2.24, 2.45) is 0 Å². The Bertz CT molecular complexity index is 1220. The topological polar surface area (TPSA) is 51.2 Å². The van der Waals surface area contributed by atoms with E-state index in [2.05, 4.69) is 5.32 Å². The van der Waals surface area contributed by atoms with Gasteiger partial charge in [0.25, 0.3) is 5.91 Å². The molecule has 0 aliphatic carbocycles. The second kappa shape index (κ2) is 8.74. The molecule has 0 unspecified atom stereocenters. The van der Waals surface area contributed by atoms with Gasteiger partial charge in [0, 0.05) is 10.9 Å². The predicted molar refractivity (Wildman–Crippen MR) is 123 cm³/mol. The van der Waals surface area contributed by atoms with Crippen LogP contribution in [0.25, 0.3) is 22.2 Å². The maximum Gasteiger partial charge on any atom is 0.256 e. The number of pyridine rings is 1. The number of nitrogens with zero attached hydrogens (tertiary/aromatic N) is 1. The summed E-state index contributed by atoms with van der Waals surface area (Å²) < 4.78 is 5.51. The summed E-state index contributed by atoms with van der Waals surface area (Å²) in [5, 5.41) is 4.30. The van der Waals surface area contributed by atoms with Crippen LogP contribution in [0.1, 0.15) is 17.3 Å². The average Bonchev–Trinajstić information content (AvgIpc) is 2.77. The number of benzene rings is 3. The highest BCUT2D eigenvalue weighted by Gasteiger charge is 2.16. The molecular formula is C24H18Cl2N2O2. The van der Waals surface area contributed by atoms with E-state index in [0.29, 0.717) is 33.6 Å². The predicted octanol–water partition coefficient (Wildman–Crippen LogP) is 6.86. The first-order valence-corrected chi connectivity index (χ1v) is 10.2. The fraction of sp³-hybridized carbons (Fsp3) is 0.0833. The zero-order valence-electron chi connectivity index (χ0n) is 16.2. The standard InChI is InChI=1S/C24H18Cl2N2O2/c1-2-30-16-12-10-15(11-13-16)22-14-18(17-6-3-4-8-20(17)27-22)24(29)28-21-9-5-7-19(25)23(21)26/h3-14H,2H2,1H3,(H,28,29). The number of para-hydroxylation sites is 1. The highest BCUT2D eigenvalue weighted by Crippen LogP contribution is 2.31. The Morgan fingerprint density at radius 1 is 1.00 bits per heavy atom. The minimum atomic E-state index is -0.287. The maximum atomic E-state index is 13.2. The number of hydrogen-bond acceptors (Lipinski definition) is 3. The number of rotatable bonds is 5. The normalized spacial score (nSPS) is 10.8. The number of aromatic nitrogens is 1. The number of hydrogen-bond donors (Lipinski definition) is 1. The van der Waals surface area contributed by atoms with E-state index in [0.717, 1.165) is 22.2 Å². The van der Waals surface area contributed by atoms with Gasteiger partial charge in [-0.1, -0.05) is 47.5 Å². The Kier molecular flexibility index (Phi) is 5.88. The van der Waals surface area contributed by atoms with E-state index in [4.69, 9.17) is 32.9 Å². The second-order valence-electron chi connectivity index (χ2n) is 6.59. The summed E-state index contributed by atoms with van der Waals surface area (Å²) >= 11 is 12.3. The Labute approximate surface area is 184 Å². The monoisotopic (exact) mass is 436 g/mol. The van der Waals surface area contributed by atoms with Gasteiger partial charge in [0.2, 0.25) is 0 Å².